The number of hydrogen-bond acceptors (Lipinski definition) is 4. The molecule has 2 aliphatic rings. The molecule has 2 aliphatic heterocycles. The maximum atomic E-state index is 12.4. The van der Waals surface area contributed by atoms with Crippen molar-refractivity contribution in [2.45, 2.75) is 44.2 Å². The van der Waals surface area contributed by atoms with Crippen molar-refractivity contribution in [3.63, 3.8) is 0 Å². The second-order valence-electron chi connectivity index (χ2n) is 7.52. The van der Waals surface area contributed by atoms with E-state index in [2.05, 4.69) is 15.6 Å². The Balaban J connectivity index is 0.00000180. The predicted molar refractivity (Wildman–Crippen MR) is 112 cm³/mol. The van der Waals surface area contributed by atoms with Crippen LogP contribution < -0.4 is 10.6 Å². The molecule has 27 heavy (non-hydrogen) atoms. The van der Waals surface area contributed by atoms with E-state index in [1.165, 1.54) is 12.8 Å². The van der Waals surface area contributed by atoms with Crippen molar-refractivity contribution in [2.75, 3.05) is 5.32 Å². The standard InChI is InChI=1S/C20H22N4OS.ClH/c25-19(11-13-9-16-5-6-17(10-13)21-16)22-15-3-1-14(2-4-15)18-12-24-7-8-26-20(24)23-18;/h1-4,7-8,12-13,16-17,21H,5-6,9-11H2,(H,22,25);1H. The minimum atomic E-state index is 0. The SMILES string of the molecule is Cl.O=C(CC1CC2CCC(C1)N2)Nc1ccc(-c2cn3ccsc3n2)cc1. The summed E-state index contributed by atoms with van der Waals surface area (Å²) in [5.74, 6) is 0.651. The Morgan fingerprint density at radius 1 is 1.22 bits per heavy atom. The highest BCUT2D eigenvalue weighted by Gasteiger charge is 2.34. The molecule has 4 heterocycles. The van der Waals surface area contributed by atoms with Crippen LogP contribution in [0, 0.1) is 5.92 Å². The van der Waals surface area contributed by atoms with Crippen LogP contribution in [0.25, 0.3) is 16.2 Å². The molecule has 1 aromatic carbocycles. The van der Waals surface area contributed by atoms with Gasteiger partial charge in [-0.05, 0) is 43.7 Å². The van der Waals surface area contributed by atoms with Gasteiger partial charge in [-0.1, -0.05) is 12.1 Å². The van der Waals surface area contributed by atoms with E-state index in [1.54, 1.807) is 11.3 Å². The highest BCUT2D eigenvalue weighted by atomic mass is 35.5. The molecule has 142 valence electrons. The molecule has 2 bridgehead atoms. The summed E-state index contributed by atoms with van der Waals surface area (Å²) in [5, 5.41) is 8.72. The molecule has 7 heteroatoms. The van der Waals surface area contributed by atoms with Gasteiger partial charge < -0.3 is 10.6 Å². The lowest BCUT2D eigenvalue weighted by atomic mass is 9.89. The van der Waals surface area contributed by atoms with Crippen LogP contribution in [-0.4, -0.2) is 27.4 Å². The Hall–Kier alpha value is -1.89. The number of nitrogens with one attached hydrogen (secondary N) is 2. The van der Waals surface area contributed by atoms with E-state index < -0.39 is 0 Å². The maximum absolute atomic E-state index is 12.4. The summed E-state index contributed by atoms with van der Waals surface area (Å²) in [5.41, 5.74) is 2.88. The van der Waals surface area contributed by atoms with Crippen LogP contribution in [0.2, 0.25) is 0 Å². The third-order valence-corrected chi connectivity index (χ3v) is 6.37. The fourth-order valence-corrected chi connectivity index (χ4v) is 5.11. The number of imidazole rings is 1. The number of aromatic nitrogens is 2. The number of rotatable bonds is 4. The van der Waals surface area contributed by atoms with Crippen LogP contribution in [0.1, 0.15) is 32.1 Å². The van der Waals surface area contributed by atoms with Crippen LogP contribution in [0.3, 0.4) is 0 Å². The third-order valence-electron chi connectivity index (χ3n) is 5.60. The highest BCUT2D eigenvalue weighted by Crippen LogP contribution is 2.33. The van der Waals surface area contributed by atoms with Gasteiger partial charge in [0.15, 0.2) is 4.96 Å². The van der Waals surface area contributed by atoms with E-state index in [-0.39, 0.29) is 18.3 Å². The molecule has 2 atom stereocenters. The molecule has 2 N–H and O–H groups in total. The lowest BCUT2D eigenvalue weighted by Crippen LogP contribution is -2.39. The predicted octanol–water partition coefficient (Wildman–Crippen LogP) is 4.34. The van der Waals surface area contributed by atoms with Crippen molar-refractivity contribution in [1.82, 2.24) is 14.7 Å². The minimum absolute atomic E-state index is 0. The zero-order valence-corrected chi connectivity index (χ0v) is 16.6. The van der Waals surface area contributed by atoms with Crippen LogP contribution in [0.5, 0.6) is 0 Å². The Bertz CT molecular complexity index is 895. The molecule has 2 fully saturated rings. The van der Waals surface area contributed by atoms with Gasteiger partial charge in [-0.15, -0.1) is 23.7 Å². The molecule has 5 nitrogen and oxygen atoms in total. The van der Waals surface area contributed by atoms with E-state index in [9.17, 15) is 4.79 Å². The summed E-state index contributed by atoms with van der Waals surface area (Å²) >= 11 is 1.63. The van der Waals surface area contributed by atoms with Crippen LogP contribution in [0.4, 0.5) is 5.69 Å². The number of nitrogens with zero attached hydrogens (tertiary/aromatic N) is 2. The molecule has 5 rings (SSSR count). The smallest absolute Gasteiger partial charge is 0.224 e. The molecule has 1 amide bonds. The fraction of sp³-hybridized carbons (Fsp3) is 0.400. The quantitative estimate of drug-likeness (QED) is 0.682. The Morgan fingerprint density at radius 3 is 2.67 bits per heavy atom. The van der Waals surface area contributed by atoms with Gasteiger partial charge in [0, 0.05) is 47.5 Å². The van der Waals surface area contributed by atoms with Gasteiger partial charge in [-0.25, -0.2) is 4.98 Å². The molecule has 2 aromatic heterocycles. The summed E-state index contributed by atoms with van der Waals surface area (Å²) in [7, 11) is 0. The van der Waals surface area contributed by atoms with E-state index in [0.29, 0.717) is 24.4 Å². The Morgan fingerprint density at radius 2 is 1.96 bits per heavy atom. The number of carbonyl (C=O) groups is 1. The van der Waals surface area contributed by atoms with Gasteiger partial charge in [0.1, 0.15) is 0 Å². The lowest BCUT2D eigenvalue weighted by molar-refractivity contribution is -0.117. The van der Waals surface area contributed by atoms with Crippen LogP contribution in [-0.2, 0) is 4.79 Å². The Labute approximate surface area is 168 Å². The summed E-state index contributed by atoms with van der Waals surface area (Å²) in [4.78, 5) is 18.0. The number of benzene rings is 1. The van der Waals surface area contributed by atoms with Gasteiger partial charge >= 0.3 is 0 Å². The van der Waals surface area contributed by atoms with Crippen LogP contribution >= 0.6 is 23.7 Å². The topological polar surface area (TPSA) is 58.4 Å². The average Bonchev–Trinajstić information content (AvgIpc) is 3.30. The van der Waals surface area contributed by atoms with E-state index in [1.807, 2.05) is 46.4 Å². The molecular formula is C20H23ClN4OS. The van der Waals surface area contributed by atoms with Gasteiger partial charge in [0.25, 0.3) is 0 Å². The minimum Gasteiger partial charge on any atom is -0.326 e. The molecular weight excluding hydrogens is 380 g/mol. The normalized spacial score (nSPS) is 23.9. The van der Waals surface area contributed by atoms with Crippen molar-refractivity contribution in [3.05, 3.63) is 42.0 Å². The number of anilines is 1. The van der Waals surface area contributed by atoms with Crippen molar-refractivity contribution in [3.8, 4) is 11.3 Å². The van der Waals surface area contributed by atoms with E-state index >= 15 is 0 Å². The van der Waals surface area contributed by atoms with Crippen molar-refractivity contribution in [2.24, 2.45) is 5.92 Å². The first kappa shape index (κ1) is 18.5. The van der Waals surface area contributed by atoms with Crippen molar-refractivity contribution < 1.29 is 4.79 Å². The van der Waals surface area contributed by atoms with Gasteiger partial charge in [-0.3, -0.25) is 9.20 Å². The molecule has 0 saturated carbocycles. The van der Waals surface area contributed by atoms with Gasteiger partial charge in [0.2, 0.25) is 5.91 Å². The lowest BCUT2D eigenvalue weighted by Gasteiger charge is -2.28. The van der Waals surface area contributed by atoms with Crippen molar-refractivity contribution >= 4 is 40.3 Å². The Kier molecular flexibility index (Phi) is 5.21. The number of amides is 1. The summed E-state index contributed by atoms with van der Waals surface area (Å²) in [6.45, 7) is 0. The maximum Gasteiger partial charge on any atom is 0.224 e. The number of fused-ring (bicyclic) bond motifs is 3. The number of carbonyl (C=O) groups excluding carboxylic acids is 1. The van der Waals surface area contributed by atoms with Crippen molar-refractivity contribution in [1.29, 1.82) is 0 Å². The van der Waals surface area contributed by atoms with E-state index in [4.69, 9.17) is 0 Å². The zero-order valence-electron chi connectivity index (χ0n) is 14.9. The molecule has 0 aliphatic carbocycles. The highest BCUT2D eigenvalue weighted by molar-refractivity contribution is 7.15. The average molecular weight is 403 g/mol. The summed E-state index contributed by atoms with van der Waals surface area (Å²) in [6.07, 6.45) is 9.50. The zero-order chi connectivity index (χ0) is 17.5. The van der Waals surface area contributed by atoms with Gasteiger partial charge in [0.05, 0.1) is 5.69 Å². The van der Waals surface area contributed by atoms with Gasteiger partial charge in [-0.2, -0.15) is 0 Å². The molecule has 0 spiro atoms. The first-order chi connectivity index (χ1) is 12.7. The second kappa shape index (κ2) is 7.62. The number of piperidine rings is 1. The largest absolute Gasteiger partial charge is 0.326 e. The van der Waals surface area contributed by atoms with Crippen LogP contribution in [0.15, 0.2) is 42.0 Å². The summed E-state index contributed by atoms with van der Waals surface area (Å²) < 4.78 is 2.03. The first-order valence-corrected chi connectivity index (χ1v) is 10.2. The third kappa shape index (κ3) is 3.88. The first-order valence-electron chi connectivity index (χ1n) is 9.31. The molecule has 2 unspecified atom stereocenters. The monoisotopic (exact) mass is 402 g/mol. The number of halogens is 1. The number of hydrogen-bond donors (Lipinski definition) is 2. The molecule has 2 saturated heterocycles. The van der Waals surface area contributed by atoms with E-state index in [0.717, 1.165) is 34.7 Å². The second-order valence-corrected chi connectivity index (χ2v) is 8.40. The molecule has 3 aromatic rings. The molecule has 0 radical (unpaired) electrons. The fourth-order valence-electron chi connectivity index (χ4n) is 4.41. The summed E-state index contributed by atoms with van der Waals surface area (Å²) in [6, 6.07) is 9.24. The number of thiazole rings is 1.